The van der Waals surface area contributed by atoms with Gasteiger partial charge in [-0.1, -0.05) is 6.92 Å². The lowest BCUT2D eigenvalue weighted by Gasteiger charge is -2.09. The Kier molecular flexibility index (Phi) is 2.71. The summed E-state index contributed by atoms with van der Waals surface area (Å²) in [5.74, 6) is -0.588. The fourth-order valence-corrected chi connectivity index (χ4v) is 2.46. The molecular formula is C11H14N4OS. The maximum Gasteiger partial charge on any atom is 0.261 e. The summed E-state index contributed by atoms with van der Waals surface area (Å²) in [5.41, 5.74) is 11.8. The molecule has 2 rings (SSSR count). The van der Waals surface area contributed by atoms with Crippen molar-refractivity contribution in [2.24, 2.45) is 11.1 Å². The zero-order valence-electron chi connectivity index (χ0n) is 9.54. The molecule has 0 atom stereocenters. The number of hydrogen-bond donors (Lipinski definition) is 3. The smallest absolute Gasteiger partial charge is 0.261 e. The van der Waals surface area contributed by atoms with Gasteiger partial charge in [0.15, 0.2) is 0 Å². The van der Waals surface area contributed by atoms with E-state index >= 15 is 0 Å². The summed E-state index contributed by atoms with van der Waals surface area (Å²) in [6.07, 6.45) is 2.37. The monoisotopic (exact) mass is 250 g/mol. The number of carbonyl (C=O) groups is 1. The molecule has 1 saturated carbocycles. The predicted molar refractivity (Wildman–Crippen MR) is 67.8 cm³/mol. The summed E-state index contributed by atoms with van der Waals surface area (Å²) in [4.78, 5) is 11.4. The molecule has 0 unspecified atom stereocenters. The molecule has 1 aliphatic carbocycles. The summed E-state index contributed by atoms with van der Waals surface area (Å²) in [7, 11) is 0. The first-order valence-electron chi connectivity index (χ1n) is 5.33. The molecule has 90 valence electrons. The number of nitrogens with zero attached hydrogens (tertiary/aromatic N) is 1. The van der Waals surface area contributed by atoms with Crippen molar-refractivity contribution in [3.63, 3.8) is 0 Å². The predicted octanol–water partition coefficient (Wildman–Crippen LogP) is 1.51. The fourth-order valence-electron chi connectivity index (χ4n) is 1.55. The van der Waals surface area contributed by atoms with Crippen molar-refractivity contribution >= 4 is 27.9 Å². The van der Waals surface area contributed by atoms with E-state index in [9.17, 15) is 4.79 Å². The van der Waals surface area contributed by atoms with Crippen molar-refractivity contribution in [3.05, 3.63) is 10.4 Å². The van der Waals surface area contributed by atoms with Crippen molar-refractivity contribution in [2.45, 2.75) is 19.8 Å². The Bertz CT molecular complexity index is 510. The minimum Gasteiger partial charge on any atom is -0.396 e. The molecule has 1 aromatic heterocycles. The molecule has 0 aromatic carbocycles. The van der Waals surface area contributed by atoms with Crippen molar-refractivity contribution in [1.29, 1.82) is 5.26 Å². The molecule has 5 nitrogen and oxygen atoms in total. The lowest BCUT2D eigenvalue weighted by Crippen LogP contribution is -2.11. The van der Waals surface area contributed by atoms with Gasteiger partial charge in [-0.25, -0.2) is 0 Å². The van der Waals surface area contributed by atoms with Gasteiger partial charge in [-0.15, -0.1) is 11.3 Å². The van der Waals surface area contributed by atoms with E-state index in [1.165, 1.54) is 12.8 Å². The van der Waals surface area contributed by atoms with Crippen LogP contribution in [0, 0.1) is 16.7 Å². The number of carbonyl (C=O) groups excluding carboxylic acids is 1. The second-order valence-electron chi connectivity index (χ2n) is 4.69. The fraction of sp³-hybridized carbons (Fsp3) is 0.455. The van der Waals surface area contributed by atoms with Gasteiger partial charge in [0.25, 0.3) is 5.91 Å². The topological polar surface area (TPSA) is 105 Å². The Hall–Kier alpha value is -1.74. The second kappa shape index (κ2) is 3.93. The van der Waals surface area contributed by atoms with Crippen molar-refractivity contribution in [2.75, 3.05) is 17.6 Å². The van der Waals surface area contributed by atoms with Gasteiger partial charge < -0.3 is 16.8 Å². The number of nitrogens with one attached hydrogen (secondary N) is 1. The molecule has 5 N–H and O–H groups in total. The van der Waals surface area contributed by atoms with Gasteiger partial charge in [0.05, 0.1) is 5.69 Å². The van der Waals surface area contributed by atoms with Crippen molar-refractivity contribution in [3.8, 4) is 6.07 Å². The number of primary amides is 1. The third-order valence-corrected chi connectivity index (χ3v) is 4.24. The van der Waals surface area contributed by atoms with Gasteiger partial charge in [-0.05, 0) is 18.3 Å². The zero-order chi connectivity index (χ0) is 12.6. The van der Waals surface area contributed by atoms with Crippen LogP contribution in [0.25, 0.3) is 0 Å². The number of nitriles is 1. The molecule has 0 radical (unpaired) electrons. The quantitative estimate of drug-likeness (QED) is 0.753. The number of hydrogen-bond acceptors (Lipinski definition) is 5. The van der Waals surface area contributed by atoms with E-state index in [1.54, 1.807) is 0 Å². The van der Waals surface area contributed by atoms with Crippen LogP contribution in [0.1, 0.15) is 35.0 Å². The molecule has 1 amide bonds. The highest BCUT2D eigenvalue weighted by atomic mass is 32.1. The molecule has 1 heterocycles. The van der Waals surface area contributed by atoms with E-state index in [-0.39, 0.29) is 10.6 Å². The number of anilines is 2. The van der Waals surface area contributed by atoms with Crippen LogP contribution < -0.4 is 16.8 Å². The van der Waals surface area contributed by atoms with Crippen LogP contribution in [0.2, 0.25) is 0 Å². The Morgan fingerprint density at radius 2 is 2.29 bits per heavy atom. The first-order chi connectivity index (χ1) is 7.97. The Morgan fingerprint density at radius 1 is 1.65 bits per heavy atom. The van der Waals surface area contributed by atoms with Gasteiger partial charge in [0.2, 0.25) is 0 Å². The first kappa shape index (κ1) is 11.7. The van der Waals surface area contributed by atoms with Gasteiger partial charge in [0, 0.05) is 6.54 Å². The number of thiophene rings is 1. The molecule has 0 spiro atoms. The van der Waals surface area contributed by atoms with Crippen molar-refractivity contribution < 1.29 is 4.79 Å². The summed E-state index contributed by atoms with van der Waals surface area (Å²) < 4.78 is 0. The third-order valence-electron chi connectivity index (χ3n) is 3.06. The number of nitrogens with two attached hydrogens (primary N) is 2. The highest BCUT2D eigenvalue weighted by molar-refractivity contribution is 7.18. The normalized spacial score (nSPS) is 16.2. The number of rotatable bonds is 4. The Labute approximate surface area is 103 Å². The highest BCUT2D eigenvalue weighted by Gasteiger charge is 2.37. The first-order valence-corrected chi connectivity index (χ1v) is 6.14. The lowest BCUT2D eigenvalue weighted by molar-refractivity contribution is 0.100. The van der Waals surface area contributed by atoms with Gasteiger partial charge >= 0.3 is 0 Å². The summed E-state index contributed by atoms with van der Waals surface area (Å²) in [6, 6.07) is 2.01. The number of nitrogen functional groups attached to an aromatic ring is 1. The van der Waals surface area contributed by atoms with Gasteiger partial charge in [-0.3, -0.25) is 4.79 Å². The zero-order valence-corrected chi connectivity index (χ0v) is 10.4. The Balaban J connectivity index is 2.24. The van der Waals surface area contributed by atoms with E-state index in [2.05, 4.69) is 12.2 Å². The second-order valence-corrected chi connectivity index (χ2v) is 5.71. The Morgan fingerprint density at radius 3 is 2.76 bits per heavy atom. The van der Waals surface area contributed by atoms with E-state index in [0.717, 1.165) is 17.9 Å². The maximum atomic E-state index is 11.1. The minimum absolute atomic E-state index is 0.188. The lowest BCUT2D eigenvalue weighted by atomic mass is 10.1. The third kappa shape index (κ3) is 2.19. The molecule has 0 bridgehead atoms. The van der Waals surface area contributed by atoms with Crippen LogP contribution in [0.5, 0.6) is 0 Å². The summed E-state index contributed by atoms with van der Waals surface area (Å²) in [6.45, 7) is 2.97. The van der Waals surface area contributed by atoms with Crippen molar-refractivity contribution in [1.82, 2.24) is 0 Å². The highest BCUT2D eigenvalue weighted by Crippen LogP contribution is 2.45. The van der Waals surface area contributed by atoms with Crippen LogP contribution in [0.4, 0.5) is 10.7 Å². The van der Waals surface area contributed by atoms with E-state index in [1.807, 2.05) is 6.07 Å². The average molecular weight is 250 g/mol. The van der Waals surface area contributed by atoms with Crippen LogP contribution in [0.3, 0.4) is 0 Å². The maximum absolute atomic E-state index is 11.1. The molecule has 1 aromatic rings. The van der Waals surface area contributed by atoms with Crippen LogP contribution in [-0.2, 0) is 0 Å². The average Bonchev–Trinajstić information content (AvgIpc) is 2.90. The summed E-state index contributed by atoms with van der Waals surface area (Å²) in [5, 5.41) is 12.9. The molecule has 1 fully saturated rings. The van der Waals surface area contributed by atoms with Crippen LogP contribution in [-0.4, -0.2) is 12.5 Å². The van der Waals surface area contributed by atoms with Crippen LogP contribution >= 0.6 is 11.3 Å². The van der Waals surface area contributed by atoms with E-state index in [4.69, 9.17) is 16.7 Å². The molecule has 0 aliphatic heterocycles. The summed E-state index contributed by atoms with van der Waals surface area (Å²) >= 11 is 1.15. The van der Waals surface area contributed by atoms with Gasteiger partial charge in [0.1, 0.15) is 21.5 Å². The minimum atomic E-state index is -0.588. The number of amides is 1. The SMILES string of the molecule is CC1(CNc2sc(C(N)=O)c(N)c2C#N)CC1. The molecule has 6 heteroatoms. The van der Waals surface area contributed by atoms with E-state index in [0.29, 0.717) is 16.0 Å². The molecule has 17 heavy (non-hydrogen) atoms. The van der Waals surface area contributed by atoms with Gasteiger partial charge in [-0.2, -0.15) is 5.26 Å². The van der Waals surface area contributed by atoms with E-state index < -0.39 is 5.91 Å². The van der Waals surface area contributed by atoms with Crippen LogP contribution in [0.15, 0.2) is 0 Å². The standard InChI is InChI=1S/C11H14N4OS/c1-11(2-3-11)5-15-10-6(4-12)7(13)8(17-10)9(14)16/h15H,2-3,5,13H2,1H3,(H2,14,16). The largest absolute Gasteiger partial charge is 0.396 e. The molecular weight excluding hydrogens is 236 g/mol. The molecule has 1 aliphatic rings. The molecule has 0 saturated heterocycles.